The Morgan fingerprint density at radius 2 is 2.06 bits per heavy atom. The van der Waals surface area contributed by atoms with Gasteiger partial charge in [0.1, 0.15) is 0 Å². The summed E-state index contributed by atoms with van der Waals surface area (Å²) in [6.45, 7) is 2.63. The molecule has 17 heavy (non-hydrogen) atoms. The smallest absolute Gasteiger partial charge is 0.223 e. The largest absolute Gasteiger partial charge is 0.340 e. The second kappa shape index (κ2) is 4.38. The van der Waals surface area contributed by atoms with Crippen molar-refractivity contribution in [3.63, 3.8) is 0 Å². The van der Waals surface area contributed by atoms with Gasteiger partial charge in [0.15, 0.2) is 5.82 Å². The molecule has 0 spiro atoms. The molecule has 1 aromatic heterocycles. The van der Waals surface area contributed by atoms with Crippen molar-refractivity contribution in [3.8, 4) is 0 Å². The van der Waals surface area contributed by atoms with Crippen LogP contribution in [0, 0.1) is 6.92 Å². The average molecular weight is 236 g/mol. The first-order valence-corrected chi connectivity index (χ1v) is 6.46. The van der Waals surface area contributed by atoms with Crippen LogP contribution in [0.1, 0.15) is 37.4 Å². The van der Waals surface area contributed by atoms with Gasteiger partial charge in [-0.15, -0.1) is 0 Å². The summed E-state index contributed by atoms with van der Waals surface area (Å²) < 4.78 is 5.01. The van der Waals surface area contributed by atoms with E-state index in [1.807, 2.05) is 6.92 Å². The first-order chi connectivity index (χ1) is 8.20. The Kier molecular flexibility index (Phi) is 2.88. The number of aromatic nitrogens is 2. The second-order valence-electron chi connectivity index (χ2n) is 5.41. The monoisotopic (exact) mass is 236 g/mol. The quantitative estimate of drug-likeness (QED) is 0.851. The molecule has 0 saturated carbocycles. The van der Waals surface area contributed by atoms with Gasteiger partial charge in [0.2, 0.25) is 5.89 Å². The summed E-state index contributed by atoms with van der Waals surface area (Å²) >= 11 is 0. The number of nitrogens with zero attached hydrogens (tertiary/aromatic N) is 3. The molecule has 1 aromatic rings. The summed E-state index contributed by atoms with van der Waals surface area (Å²) in [5.74, 6) is 1.45. The lowest BCUT2D eigenvalue weighted by Gasteiger charge is -2.34. The van der Waals surface area contributed by atoms with Gasteiger partial charge in [-0.3, -0.25) is 4.90 Å². The zero-order valence-electron chi connectivity index (χ0n) is 10.5. The highest BCUT2D eigenvalue weighted by Gasteiger charge is 2.35. The van der Waals surface area contributed by atoms with E-state index in [-0.39, 0.29) is 0 Å². The Morgan fingerprint density at radius 3 is 2.65 bits per heavy atom. The van der Waals surface area contributed by atoms with Gasteiger partial charge in [-0.25, -0.2) is 0 Å². The maximum Gasteiger partial charge on any atom is 0.223 e. The molecule has 2 unspecified atom stereocenters. The summed E-state index contributed by atoms with van der Waals surface area (Å²) in [5, 5.41) is 7.63. The molecule has 2 fully saturated rings. The fraction of sp³-hybridized carbons (Fsp3) is 0.833. The predicted molar refractivity (Wildman–Crippen MR) is 63.5 cm³/mol. The molecule has 2 aliphatic rings. The highest BCUT2D eigenvalue weighted by atomic mass is 16.5. The topological polar surface area (TPSA) is 54.2 Å². The van der Waals surface area contributed by atoms with Gasteiger partial charge in [0.05, 0.1) is 6.54 Å². The molecule has 2 bridgehead atoms. The minimum absolute atomic E-state index is 0.652. The number of hydrogen-bond donors (Lipinski definition) is 1. The van der Waals surface area contributed by atoms with E-state index in [9.17, 15) is 0 Å². The van der Waals surface area contributed by atoms with Crippen LogP contribution < -0.4 is 5.32 Å². The highest BCUT2D eigenvalue weighted by molar-refractivity contribution is 4.96. The van der Waals surface area contributed by atoms with Gasteiger partial charge in [0.25, 0.3) is 0 Å². The SMILES string of the molecule is Cc1nc(CN(C)C2CC3CCC(C2)N3)no1. The molecule has 0 radical (unpaired) electrons. The molecule has 2 aliphatic heterocycles. The third-order valence-electron chi connectivity index (χ3n) is 4.03. The number of fused-ring (bicyclic) bond motifs is 2. The molecule has 0 aromatic carbocycles. The fourth-order valence-electron chi connectivity index (χ4n) is 3.14. The molecule has 0 aliphatic carbocycles. The zero-order chi connectivity index (χ0) is 11.8. The average Bonchev–Trinajstić information content (AvgIpc) is 2.85. The second-order valence-corrected chi connectivity index (χ2v) is 5.41. The third kappa shape index (κ3) is 2.35. The first-order valence-electron chi connectivity index (χ1n) is 6.46. The van der Waals surface area contributed by atoms with E-state index in [4.69, 9.17) is 4.52 Å². The number of nitrogens with one attached hydrogen (secondary N) is 1. The van der Waals surface area contributed by atoms with Crippen molar-refractivity contribution in [2.75, 3.05) is 7.05 Å². The van der Waals surface area contributed by atoms with Crippen molar-refractivity contribution in [2.45, 2.75) is 57.3 Å². The number of piperidine rings is 1. The predicted octanol–water partition coefficient (Wildman–Crippen LogP) is 1.09. The van der Waals surface area contributed by atoms with Gasteiger partial charge < -0.3 is 9.84 Å². The van der Waals surface area contributed by atoms with Crippen molar-refractivity contribution >= 4 is 0 Å². The number of aryl methyl sites for hydroxylation is 1. The van der Waals surface area contributed by atoms with Gasteiger partial charge in [-0.1, -0.05) is 5.16 Å². The van der Waals surface area contributed by atoms with Crippen molar-refractivity contribution in [2.24, 2.45) is 0 Å². The third-order valence-corrected chi connectivity index (χ3v) is 4.03. The Balaban J connectivity index is 1.60. The molecule has 94 valence electrons. The molecule has 5 heteroatoms. The Morgan fingerprint density at radius 1 is 1.35 bits per heavy atom. The zero-order valence-corrected chi connectivity index (χ0v) is 10.5. The van der Waals surface area contributed by atoms with Crippen LogP contribution in [-0.2, 0) is 6.54 Å². The van der Waals surface area contributed by atoms with Crippen LogP contribution in [-0.4, -0.2) is 40.2 Å². The van der Waals surface area contributed by atoms with E-state index in [0.717, 1.165) is 24.5 Å². The van der Waals surface area contributed by atoms with Crippen LogP contribution in [0.25, 0.3) is 0 Å². The number of rotatable bonds is 3. The Bertz CT molecular complexity index is 380. The maximum absolute atomic E-state index is 5.01. The number of hydrogen-bond acceptors (Lipinski definition) is 5. The fourth-order valence-corrected chi connectivity index (χ4v) is 3.14. The summed E-state index contributed by atoms with van der Waals surface area (Å²) in [6.07, 6.45) is 5.19. The van der Waals surface area contributed by atoms with E-state index in [0.29, 0.717) is 11.9 Å². The van der Waals surface area contributed by atoms with E-state index in [1.165, 1.54) is 25.7 Å². The van der Waals surface area contributed by atoms with E-state index in [1.54, 1.807) is 0 Å². The molecule has 0 amide bonds. The minimum atomic E-state index is 0.652. The Hall–Kier alpha value is -0.940. The maximum atomic E-state index is 5.01. The van der Waals surface area contributed by atoms with E-state index in [2.05, 4.69) is 27.4 Å². The van der Waals surface area contributed by atoms with Crippen molar-refractivity contribution < 1.29 is 4.52 Å². The normalized spacial score (nSPS) is 32.3. The van der Waals surface area contributed by atoms with Crippen LogP contribution in [0.3, 0.4) is 0 Å². The first kappa shape index (κ1) is 11.2. The summed E-state index contributed by atoms with van der Waals surface area (Å²) in [5.41, 5.74) is 0. The van der Waals surface area contributed by atoms with Crippen LogP contribution in [0.5, 0.6) is 0 Å². The van der Waals surface area contributed by atoms with Gasteiger partial charge in [-0.2, -0.15) is 4.98 Å². The molecule has 3 heterocycles. The van der Waals surface area contributed by atoms with Crippen LogP contribution in [0.15, 0.2) is 4.52 Å². The lowest BCUT2D eigenvalue weighted by molar-refractivity contribution is 0.161. The van der Waals surface area contributed by atoms with Crippen LogP contribution >= 0.6 is 0 Å². The van der Waals surface area contributed by atoms with E-state index < -0.39 is 0 Å². The summed E-state index contributed by atoms with van der Waals surface area (Å²) in [7, 11) is 2.17. The Labute approximate surface area is 102 Å². The highest BCUT2D eigenvalue weighted by Crippen LogP contribution is 2.29. The molecule has 5 nitrogen and oxygen atoms in total. The van der Waals surface area contributed by atoms with Crippen molar-refractivity contribution in [1.29, 1.82) is 0 Å². The lowest BCUT2D eigenvalue weighted by Crippen LogP contribution is -2.46. The molecular formula is C12H20N4O. The summed E-state index contributed by atoms with van der Waals surface area (Å²) in [6, 6.07) is 2.12. The van der Waals surface area contributed by atoms with Gasteiger partial charge in [-0.05, 0) is 32.7 Å². The molecule has 1 N–H and O–H groups in total. The lowest BCUT2D eigenvalue weighted by atomic mass is 9.98. The van der Waals surface area contributed by atoms with Crippen molar-refractivity contribution in [3.05, 3.63) is 11.7 Å². The standard InChI is InChI=1S/C12H20N4O/c1-8-13-12(15-17-8)7-16(2)11-5-9-3-4-10(6-11)14-9/h9-11,14H,3-7H2,1-2H3. The molecule has 3 rings (SSSR count). The molecule has 2 saturated heterocycles. The molecule has 2 atom stereocenters. The molecular weight excluding hydrogens is 216 g/mol. The minimum Gasteiger partial charge on any atom is -0.340 e. The van der Waals surface area contributed by atoms with Gasteiger partial charge >= 0.3 is 0 Å². The van der Waals surface area contributed by atoms with Gasteiger partial charge in [0, 0.05) is 25.0 Å². The van der Waals surface area contributed by atoms with Crippen LogP contribution in [0.4, 0.5) is 0 Å². The summed E-state index contributed by atoms with van der Waals surface area (Å²) in [4.78, 5) is 6.64. The van der Waals surface area contributed by atoms with E-state index >= 15 is 0 Å². The van der Waals surface area contributed by atoms with Crippen molar-refractivity contribution in [1.82, 2.24) is 20.4 Å². The van der Waals surface area contributed by atoms with Crippen LogP contribution in [0.2, 0.25) is 0 Å².